The molecule has 3 N–H and O–H groups in total. The molecule has 2 aliphatic carbocycles. The third kappa shape index (κ3) is 4.92. The highest BCUT2D eigenvalue weighted by molar-refractivity contribution is 5.69. The number of benzene rings is 3. The molecule has 1 aliphatic heterocycles. The molecule has 1 saturated heterocycles. The minimum atomic E-state index is -4.82. The molecular weight excluding hydrogens is 528 g/mol. The first-order valence-corrected chi connectivity index (χ1v) is 14.0. The number of alkyl halides is 3. The van der Waals surface area contributed by atoms with E-state index in [0.717, 1.165) is 61.2 Å². The summed E-state index contributed by atoms with van der Waals surface area (Å²) in [5.74, 6) is -1.38. The molecule has 212 valence electrons. The van der Waals surface area contributed by atoms with Crippen molar-refractivity contribution in [3.05, 3.63) is 94.9 Å². The Kier molecular flexibility index (Phi) is 6.52. The quantitative estimate of drug-likeness (QED) is 0.238. The molecule has 0 bridgehead atoms. The van der Waals surface area contributed by atoms with E-state index in [9.17, 15) is 22.8 Å². The van der Waals surface area contributed by atoms with E-state index in [0.29, 0.717) is 5.56 Å². The number of nitrogens with zero attached hydrogens (tertiary/aromatic N) is 2. The van der Waals surface area contributed by atoms with E-state index in [2.05, 4.69) is 34.6 Å². The number of nitrogen functional groups attached to an aromatic ring is 1. The zero-order valence-electron chi connectivity index (χ0n) is 22.9. The number of hydrogen-bond donors (Lipinski definition) is 2. The summed E-state index contributed by atoms with van der Waals surface area (Å²) >= 11 is 0. The Balaban J connectivity index is 1.33. The van der Waals surface area contributed by atoms with Gasteiger partial charge in [0.15, 0.2) is 0 Å². The summed E-state index contributed by atoms with van der Waals surface area (Å²) in [5, 5.41) is 12.6. The number of allylic oxidation sites excluding steroid dienone is 1. The first kappa shape index (κ1) is 27.2. The maximum absolute atomic E-state index is 14.2. The van der Waals surface area contributed by atoms with Gasteiger partial charge in [-0.25, -0.2) is 4.39 Å². The van der Waals surface area contributed by atoms with Crippen molar-refractivity contribution in [3.8, 4) is 17.2 Å². The molecule has 2 unspecified atom stereocenters. The number of nitriles is 1. The molecule has 4 nitrogen and oxygen atoms in total. The largest absolute Gasteiger partial charge is 0.419 e. The Morgan fingerprint density at radius 2 is 1.73 bits per heavy atom. The van der Waals surface area contributed by atoms with E-state index in [1.807, 2.05) is 37.3 Å². The number of rotatable bonds is 6. The number of nitrogens with one attached hydrogen (secondary N) is 1. The van der Waals surface area contributed by atoms with Crippen LogP contribution >= 0.6 is 0 Å². The number of piperidine rings is 1. The van der Waals surface area contributed by atoms with E-state index in [-0.39, 0.29) is 28.2 Å². The van der Waals surface area contributed by atoms with Gasteiger partial charge in [0.05, 0.1) is 28.6 Å². The molecule has 0 aromatic heterocycles. The van der Waals surface area contributed by atoms with E-state index in [1.54, 1.807) is 6.07 Å². The summed E-state index contributed by atoms with van der Waals surface area (Å²) in [7, 11) is 0. The number of likely N-dealkylation sites (tertiary alicyclic amines) is 1. The van der Waals surface area contributed by atoms with E-state index >= 15 is 0 Å². The number of anilines is 2. The van der Waals surface area contributed by atoms with Crippen LogP contribution in [0.3, 0.4) is 0 Å². The molecule has 3 aliphatic rings. The van der Waals surface area contributed by atoms with Gasteiger partial charge >= 0.3 is 6.18 Å². The van der Waals surface area contributed by atoms with Crippen LogP contribution in [0, 0.1) is 22.6 Å². The fourth-order valence-corrected chi connectivity index (χ4v) is 6.94. The van der Waals surface area contributed by atoms with Crippen LogP contribution in [0.1, 0.15) is 55.7 Å². The van der Waals surface area contributed by atoms with Crippen molar-refractivity contribution in [1.82, 2.24) is 4.90 Å². The van der Waals surface area contributed by atoms with Crippen molar-refractivity contribution in [2.24, 2.45) is 5.41 Å². The topological polar surface area (TPSA) is 65.1 Å². The highest BCUT2D eigenvalue weighted by Gasteiger charge is 2.70. The Morgan fingerprint density at radius 3 is 2.37 bits per heavy atom. The van der Waals surface area contributed by atoms with Crippen LogP contribution in [0.25, 0.3) is 11.1 Å². The van der Waals surface area contributed by atoms with Crippen LogP contribution < -0.4 is 11.1 Å². The third-order valence-electron chi connectivity index (χ3n) is 9.38. The Hall–Kier alpha value is -3.99. The molecular formula is C33H32F4N4. The van der Waals surface area contributed by atoms with Crippen molar-refractivity contribution in [2.75, 3.05) is 24.1 Å². The lowest BCUT2D eigenvalue weighted by Crippen LogP contribution is -2.41. The molecule has 3 aromatic carbocycles. The van der Waals surface area contributed by atoms with Gasteiger partial charge in [-0.1, -0.05) is 42.0 Å². The van der Waals surface area contributed by atoms with Crippen molar-refractivity contribution < 1.29 is 17.6 Å². The van der Waals surface area contributed by atoms with E-state index in [1.165, 1.54) is 18.4 Å². The van der Waals surface area contributed by atoms with Gasteiger partial charge in [-0.2, -0.15) is 18.4 Å². The highest BCUT2D eigenvalue weighted by atomic mass is 19.4. The molecule has 3 aromatic rings. The first-order chi connectivity index (χ1) is 19.5. The predicted molar refractivity (Wildman–Crippen MR) is 152 cm³/mol. The molecule has 0 radical (unpaired) electrons. The van der Waals surface area contributed by atoms with Gasteiger partial charge in [0, 0.05) is 24.5 Å². The standard InChI is InChI=1S/C33H32F4N4/c1-21(40-30-16-27(33(35,36)37)28(34)17-29(30)39)32(20-31(32)11-13-41(14-12-31)19-22-5-6-22)26-9-7-24(8-10-26)25-4-2-3-23(15-25)18-38/h2-4,7-10,15-17,19,21,40H,5-6,11-14,20,39H2,1H3. The molecule has 6 rings (SSSR count). The van der Waals surface area contributed by atoms with Gasteiger partial charge in [0.2, 0.25) is 0 Å². The lowest BCUT2D eigenvalue weighted by Gasteiger charge is -2.38. The second kappa shape index (κ2) is 9.83. The first-order valence-electron chi connectivity index (χ1n) is 14.0. The summed E-state index contributed by atoms with van der Waals surface area (Å²) in [4.78, 5) is 2.40. The fourth-order valence-electron chi connectivity index (χ4n) is 6.94. The SMILES string of the molecule is CC(Nc1cc(C(F)(F)F)c(F)cc1N)C1(c2ccc(-c3cccc(C#N)c3)cc2)CC12CCN(C=C1CC1)CC2. The monoisotopic (exact) mass is 560 g/mol. The summed E-state index contributed by atoms with van der Waals surface area (Å²) < 4.78 is 54.7. The van der Waals surface area contributed by atoms with Gasteiger partial charge in [0.1, 0.15) is 5.82 Å². The average Bonchev–Trinajstić information content (AvgIpc) is 3.88. The number of nitrogens with two attached hydrogens (primary N) is 1. The zero-order chi connectivity index (χ0) is 29.0. The fraction of sp³-hybridized carbons (Fsp3) is 0.364. The maximum Gasteiger partial charge on any atom is 0.419 e. The minimum absolute atomic E-state index is 0.0120. The van der Waals surface area contributed by atoms with Crippen LogP contribution in [0.5, 0.6) is 0 Å². The lowest BCUT2D eigenvalue weighted by molar-refractivity contribution is -0.139. The number of hydrogen-bond acceptors (Lipinski definition) is 4. The Labute approximate surface area is 237 Å². The van der Waals surface area contributed by atoms with Crippen molar-refractivity contribution in [1.29, 1.82) is 5.26 Å². The average molecular weight is 561 g/mol. The normalized spacial score (nSPS) is 21.8. The second-order valence-electron chi connectivity index (χ2n) is 11.8. The van der Waals surface area contributed by atoms with Gasteiger partial charge in [-0.3, -0.25) is 0 Å². The lowest BCUT2D eigenvalue weighted by atomic mass is 9.76. The molecule has 0 amide bonds. The van der Waals surface area contributed by atoms with Crippen LogP contribution in [0.15, 0.2) is 72.4 Å². The van der Waals surface area contributed by atoms with Gasteiger partial charge in [-0.15, -0.1) is 0 Å². The minimum Gasteiger partial charge on any atom is -0.397 e. The Bertz CT molecular complexity index is 1540. The smallest absolute Gasteiger partial charge is 0.397 e. The van der Waals surface area contributed by atoms with Crippen LogP contribution in [-0.2, 0) is 11.6 Å². The van der Waals surface area contributed by atoms with Crippen LogP contribution in [0.4, 0.5) is 28.9 Å². The highest BCUT2D eigenvalue weighted by Crippen LogP contribution is 2.71. The molecule has 41 heavy (non-hydrogen) atoms. The summed E-state index contributed by atoms with van der Waals surface area (Å²) in [6.07, 6.45) is 2.67. The molecule has 1 heterocycles. The van der Waals surface area contributed by atoms with E-state index < -0.39 is 17.6 Å². The van der Waals surface area contributed by atoms with Crippen molar-refractivity contribution in [3.63, 3.8) is 0 Å². The third-order valence-corrected chi connectivity index (χ3v) is 9.38. The van der Waals surface area contributed by atoms with Crippen LogP contribution in [0.2, 0.25) is 0 Å². The molecule has 2 atom stereocenters. The summed E-state index contributed by atoms with van der Waals surface area (Å²) in [6, 6.07) is 19.2. The molecule has 3 fully saturated rings. The predicted octanol–water partition coefficient (Wildman–Crippen LogP) is 7.87. The Morgan fingerprint density at radius 1 is 1.02 bits per heavy atom. The van der Waals surface area contributed by atoms with Crippen molar-refractivity contribution in [2.45, 2.75) is 56.7 Å². The van der Waals surface area contributed by atoms with Crippen LogP contribution in [-0.4, -0.2) is 24.0 Å². The molecule has 1 spiro atoms. The van der Waals surface area contributed by atoms with Gasteiger partial charge in [0.25, 0.3) is 0 Å². The number of halogens is 4. The van der Waals surface area contributed by atoms with E-state index in [4.69, 9.17) is 5.73 Å². The summed E-state index contributed by atoms with van der Waals surface area (Å²) in [5.41, 5.74) is 9.51. The van der Waals surface area contributed by atoms with Gasteiger partial charge in [-0.05, 0) is 91.6 Å². The van der Waals surface area contributed by atoms with Gasteiger partial charge < -0.3 is 16.0 Å². The summed E-state index contributed by atoms with van der Waals surface area (Å²) in [6.45, 7) is 3.87. The molecule has 2 saturated carbocycles. The molecule has 8 heteroatoms. The zero-order valence-corrected chi connectivity index (χ0v) is 22.9. The van der Waals surface area contributed by atoms with Crippen molar-refractivity contribution >= 4 is 11.4 Å². The second-order valence-corrected chi connectivity index (χ2v) is 11.8. The maximum atomic E-state index is 14.2.